The van der Waals surface area contributed by atoms with Gasteiger partial charge in [0.25, 0.3) is 10.0 Å². The Balaban J connectivity index is 2.07. The predicted molar refractivity (Wildman–Crippen MR) is 161 cm³/mol. The molecule has 0 bridgehead atoms. The maximum absolute atomic E-state index is 14.1. The lowest BCUT2D eigenvalue weighted by Gasteiger charge is -2.34. The molecule has 0 aliphatic carbocycles. The van der Waals surface area contributed by atoms with E-state index in [1.165, 1.54) is 17.0 Å². The number of anilines is 1. The second-order valence-corrected chi connectivity index (χ2v) is 12.4. The van der Waals surface area contributed by atoms with Crippen molar-refractivity contribution in [3.63, 3.8) is 0 Å². The van der Waals surface area contributed by atoms with Gasteiger partial charge in [0.15, 0.2) is 0 Å². The summed E-state index contributed by atoms with van der Waals surface area (Å²) in [7, 11) is -4.12. The van der Waals surface area contributed by atoms with Gasteiger partial charge in [0.05, 0.1) is 10.6 Å². The topological polar surface area (TPSA) is 86.8 Å². The number of nitrogens with zero attached hydrogens (tertiary/aromatic N) is 2. The molecule has 0 aliphatic heterocycles. The van der Waals surface area contributed by atoms with Gasteiger partial charge < -0.3 is 10.2 Å². The molecule has 0 aliphatic rings. The number of hydrogen-bond donors (Lipinski definition) is 1. The third-order valence-electron chi connectivity index (χ3n) is 6.64. The fraction of sp³-hybridized carbons (Fsp3) is 0.333. The lowest BCUT2D eigenvalue weighted by atomic mass is 10.1. The van der Waals surface area contributed by atoms with Gasteiger partial charge in [-0.05, 0) is 74.2 Å². The average Bonchev–Trinajstić information content (AvgIpc) is 2.92. The molecule has 0 spiro atoms. The molecule has 0 aromatic heterocycles. The van der Waals surface area contributed by atoms with Gasteiger partial charge in [0, 0.05) is 22.6 Å². The zero-order valence-corrected chi connectivity index (χ0v) is 25.4. The molecule has 3 rings (SSSR count). The first-order valence-electron chi connectivity index (χ1n) is 13.2. The van der Waals surface area contributed by atoms with Crippen LogP contribution >= 0.6 is 23.2 Å². The van der Waals surface area contributed by atoms with Crippen LogP contribution in [0.1, 0.15) is 44.7 Å². The van der Waals surface area contributed by atoms with Crippen molar-refractivity contribution in [2.45, 2.75) is 64.1 Å². The van der Waals surface area contributed by atoms with Crippen LogP contribution in [0.3, 0.4) is 0 Å². The number of carbonyl (C=O) groups excluding carboxylic acids is 2. The number of nitrogens with one attached hydrogen (secondary N) is 1. The number of rotatable bonds is 12. The van der Waals surface area contributed by atoms with E-state index in [-0.39, 0.29) is 23.4 Å². The molecule has 7 nitrogen and oxygen atoms in total. The van der Waals surface area contributed by atoms with Gasteiger partial charge in [-0.15, -0.1) is 0 Å². The lowest BCUT2D eigenvalue weighted by molar-refractivity contribution is -0.140. The van der Waals surface area contributed by atoms with Crippen molar-refractivity contribution in [3.8, 4) is 0 Å². The quantitative estimate of drug-likeness (QED) is 0.266. The highest BCUT2D eigenvalue weighted by Crippen LogP contribution is 2.27. The molecule has 3 aromatic carbocycles. The van der Waals surface area contributed by atoms with Crippen LogP contribution in [0.4, 0.5) is 5.69 Å². The summed E-state index contributed by atoms with van der Waals surface area (Å²) >= 11 is 12.5. The maximum atomic E-state index is 14.1. The fourth-order valence-corrected chi connectivity index (χ4v) is 6.12. The zero-order chi connectivity index (χ0) is 29.4. The first-order valence-corrected chi connectivity index (χ1v) is 15.4. The summed E-state index contributed by atoms with van der Waals surface area (Å²) in [6, 6.07) is 18.9. The number of aryl methyl sites for hydroxylation is 1. The highest BCUT2D eigenvalue weighted by molar-refractivity contribution is 7.92. The van der Waals surface area contributed by atoms with Crippen molar-refractivity contribution in [2.24, 2.45) is 0 Å². The first kappa shape index (κ1) is 31.5. The van der Waals surface area contributed by atoms with Gasteiger partial charge in [-0.1, -0.05) is 73.4 Å². The Hall–Kier alpha value is -3.07. The molecule has 0 radical (unpaired) electrons. The second-order valence-electron chi connectivity index (χ2n) is 9.66. The van der Waals surface area contributed by atoms with E-state index < -0.39 is 28.5 Å². The third-order valence-corrected chi connectivity index (χ3v) is 9.02. The summed E-state index contributed by atoms with van der Waals surface area (Å²) in [5, 5.41) is 3.74. The van der Waals surface area contributed by atoms with Crippen molar-refractivity contribution in [3.05, 3.63) is 94.0 Å². The van der Waals surface area contributed by atoms with Crippen LogP contribution in [-0.2, 0) is 26.2 Å². The molecule has 40 heavy (non-hydrogen) atoms. The van der Waals surface area contributed by atoms with E-state index in [1.807, 2.05) is 33.8 Å². The van der Waals surface area contributed by atoms with Crippen LogP contribution in [0.2, 0.25) is 10.0 Å². The van der Waals surface area contributed by atoms with E-state index in [2.05, 4.69) is 5.32 Å². The van der Waals surface area contributed by atoms with E-state index in [0.717, 1.165) is 16.3 Å². The van der Waals surface area contributed by atoms with E-state index in [0.29, 0.717) is 27.7 Å². The number of sulfonamides is 1. The summed E-state index contributed by atoms with van der Waals surface area (Å²) < 4.78 is 28.8. The predicted octanol–water partition coefficient (Wildman–Crippen LogP) is 6.22. The molecule has 0 heterocycles. The normalized spacial score (nSPS) is 12.8. The van der Waals surface area contributed by atoms with Crippen molar-refractivity contribution in [1.82, 2.24) is 10.2 Å². The molecule has 10 heteroatoms. The molecule has 0 fully saturated rings. The van der Waals surface area contributed by atoms with Gasteiger partial charge in [-0.2, -0.15) is 0 Å². The van der Waals surface area contributed by atoms with Crippen LogP contribution in [0.15, 0.2) is 77.7 Å². The number of carbonyl (C=O) groups is 2. The SMILES string of the molecule is CC[C@H](C)NC(=O)[C@H](CC)N(Cc1ccc(Cl)cc1Cl)C(=O)CN(c1cccc(C)c1)S(=O)(=O)c1ccccc1. The summed E-state index contributed by atoms with van der Waals surface area (Å²) in [6.45, 7) is 6.98. The van der Waals surface area contributed by atoms with Crippen LogP contribution in [0.25, 0.3) is 0 Å². The largest absolute Gasteiger partial charge is 0.352 e. The molecule has 0 unspecified atom stereocenters. The van der Waals surface area contributed by atoms with Crippen molar-refractivity contribution < 1.29 is 18.0 Å². The molecule has 2 amide bonds. The number of benzene rings is 3. The monoisotopic (exact) mass is 603 g/mol. The van der Waals surface area contributed by atoms with Crippen LogP contribution in [-0.4, -0.2) is 43.8 Å². The Bertz CT molecular complexity index is 1430. The van der Waals surface area contributed by atoms with Gasteiger partial charge in [-0.25, -0.2) is 8.42 Å². The third kappa shape index (κ3) is 7.77. The molecular weight excluding hydrogens is 569 g/mol. The number of halogens is 2. The highest BCUT2D eigenvalue weighted by Gasteiger charge is 2.34. The fourth-order valence-electron chi connectivity index (χ4n) is 4.23. The summed E-state index contributed by atoms with van der Waals surface area (Å²) in [6.07, 6.45) is 1.03. The summed E-state index contributed by atoms with van der Waals surface area (Å²) in [5.74, 6) is -0.860. The highest BCUT2D eigenvalue weighted by atomic mass is 35.5. The van der Waals surface area contributed by atoms with E-state index in [1.54, 1.807) is 54.6 Å². The van der Waals surface area contributed by atoms with Crippen LogP contribution < -0.4 is 9.62 Å². The van der Waals surface area contributed by atoms with Gasteiger partial charge in [0.1, 0.15) is 12.6 Å². The Morgan fingerprint density at radius 2 is 1.62 bits per heavy atom. The van der Waals surface area contributed by atoms with E-state index in [4.69, 9.17) is 23.2 Å². The molecule has 0 saturated heterocycles. The Kier molecular flexibility index (Phi) is 11.0. The van der Waals surface area contributed by atoms with Crippen molar-refractivity contribution in [1.29, 1.82) is 0 Å². The first-order chi connectivity index (χ1) is 19.0. The second kappa shape index (κ2) is 14.0. The Labute approximate surface area is 247 Å². The molecular formula is C30H35Cl2N3O4S. The number of hydrogen-bond acceptors (Lipinski definition) is 4. The van der Waals surface area contributed by atoms with Crippen molar-refractivity contribution in [2.75, 3.05) is 10.8 Å². The minimum atomic E-state index is -4.12. The van der Waals surface area contributed by atoms with Crippen LogP contribution in [0, 0.1) is 6.92 Å². The van der Waals surface area contributed by atoms with Crippen LogP contribution in [0.5, 0.6) is 0 Å². The molecule has 0 saturated carbocycles. The Morgan fingerprint density at radius 1 is 0.925 bits per heavy atom. The molecule has 214 valence electrons. The van der Waals surface area contributed by atoms with Gasteiger partial charge in [-0.3, -0.25) is 13.9 Å². The van der Waals surface area contributed by atoms with E-state index >= 15 is 0 Å². The molecule has 2 atom stereocenters. The number of amides is 2. The van der Waals surface area contributed by atoms with Crippen molar-refractivity contribution >= 4 is 50.7 Å². The molecule has 3 aromatic rings. The lowest BCUT2D eigenvalue weighted by Crippen LogP contribution is -2.53. The average molecular weight is 605 g/mol. The minimum absolute atomic E-state index is 0.00564. The summed E-state index contributed by atoms with van der Waals surface area (Å²) in [5.41, 5.74) is 1.77. The van der Waals surface area contributed by atoms with Gasteiger partial charge in [0.2, 0.25) is 11.8 Å². The smallest absolute Gasteiger partial charge is 0.264 e. The maximum Gasteiger partial charge on any atom is 0.264 e. The Morgan fingerprint density at radius 3 is 2.23 bits per heavy atom. The summed E-state index contributed by atoms with van der Waals surface area (Å²) in [4.78, 5) is 28.9. The molecule has 1 N–H and O–H groups in total. The van der Waals surface area contributed by atoms with Gasteiger partial charge >= 0.3 is 0 Å². The standard InChI is InChI=1S/C30H35Cl2N3O4S/c1-5-22(4)33-30(37)28(6-2)34(19-23-15-16-24(31)18-27(23)32)29(36)20-35(25-12-10-11-21(3)17-25)40(38,39)26-13-8-7-9-14-26/h7-18,22,28H,5-6,19-20H2,1-4H3,(H,33,37)/t22-,28-/m0/s1. The zero-order valence-electron chi connectivity index (χ0n) is 23.1. The minimum Gasteiger partial charge on any atom is -0.352 e. The van der Waals surface area contributed by atoms with E-state index in [9.17, 15) is 18.0 Å².